The molecule has 1 saturated heterocycles. The highest BCUT2D eigenvalue weighted by molar-refractivity contribution is 7.53. The largest absolute Gasteiger partial charge is 0.456 e. The van der Waals surface area contributed by atoms with Crippen LogP contribution in [0.2, 0.25) is 0 Å². The number of hydrogen-bond donors (Lipinski definition) is 0. The minimum atomic E-state index is -3.32. The molecular weight excluding hydrogens is 479 g/mol. The molecule has 1 fully saturated rings. The van der Waals surface area contributed by atoms with Gasteiger partial charge >= 0.3 is 7.60 Å². The Balaban J connectivity index is 1.55. The zero-order valence-electron chi connectivity index (χ0n) is 20.8. The second kappa shape index (κ2) is 10.6. The molecule has 0 spiro atoms. The zero-order valence-corrected chi connectivity index (χ0v) is 21.7. The molecule has 36 heavy (non-hydrogen) atoms. The van der Waals surface area contributed by atoms with Crippen molar-refractivity contribution >= 4 is 24.4 Å². The zero-order chi connectivity index (χ0) is 25.1. The van der Waals surface area contributed by atoms with E-state index in [-0.39, 0.29) is 6.16 Å². The summed E-state index contributed by atoms with van der Waals surface area (Å²) in [6.45, 7) is 8.98. The number of ether oxygens (including phenoxy) is 1. The van der Waals surface area contributed by atoms with Gasteiger partial charge in [0.15, 0.2) is 11.4 Å². The third-order valence-corrected chi connectivity index (χ3v) is 7.99. The topological polar surface area (TPSA) is 91.9 Å². The van der Waals surface area contributed by atoms with Crippen molar-refractivity contribution in [3.63, 3.8) is 0 Å². The first-order valence-electron chi connectivity index (χ1n) is 12.3. The Morgan fingerprint density at radius 3 is 2.56 bits per heavy atom. The maximum absolute atomic E-state index is 13.1. The monoisotopic (exact) mass is 510 g/mol. The number of aryl methyl sites for hydroxylation is 1. The van der Waals surface area contributed by atoms with Crippen molar-refractivity contribution in [2.75, 3.05) is 44.4 Å². The van der Waals surface area contributed by atoms with Gasteiger partial charge in [0.05, 0.1) is 37.8 Å². The number of fused-ring (bicyclic) bond motifs is 1. The van der Waals surface area contributed by atoms with Gasteiger partial charge in [-0.2, -0.15) is 5.10 Å². The first-order chi connectivity index (χ1) is 17.5. The number of furan rings is 1. The van der Waals surface area contributed by atoms with Gasteiger partial charge in [-0.05, 0) is 32.9 Å². The molecule has 5 rings (SSSR count). The summed E-state index contributed by atoms with van der Waals surface area (Å²) in [5.74, 6) is 1.18. The van der Waals surface area contributed by atoms with Gasteiger partial charge in [-0.1, -0.05) is 23.8 Å². The molecule has 9 nitrogen and oxygen atoms in total. The molecule has 0 amide bonds. The third kappa shape index (κ3) is 5.25. The highest BCUT2D eigenvalue weighted by Gasteiger charge is 2.28. The van der Waals surface area contributed by atoms with Crippen molar-refractivity contribution in [1.29, 1.82) is 0 Å². The van der Waals surface area contributed by atoms with Crippen LogP contribution in [0.4, 0.5) is 5.69 Å². The van der Waals surface area contributed by atoms with Gasteiger partial charge in [0.2, 0.25) is 0 Å². The van der Waals surface area contributed by atoms with E-state index in [1.165, 1.54) is 5.56 Å². The first-order valence-corrected chi connectivity index (χ1v) is 14.0. The van der Waals surface area contributed by atoms with Crippen molar-refractivity contribution in [3.8, 4) is 17.1 Å². The molecule has 0 unspecified atom stereocenters. The Labute approximate surface area is 210 Å². The van der Waals surface area contributed by atoms with Crippen molar-refractivity contribution in [2.45, 2.75) is 26.9 Å². The summed E-state index contributed by atoms with van der Waals surface area (Å²) in [6, 6.07) is 14.0. The van der Waals surface area contributed by atoms with E-state index in [1.54, 1.807) is 18.5 Å². The Morgan fingerprint density at radius 2 is 1.83 bits per heavy atom. The Kier molecular flexibility index (Phi) is 7.25. The molecule has 0 aliphatic carbocycles. The standard InChI is InChI=1S/C26H31N4O5P/c1-4-33-36(31,34-5-2)18-21-16-23-26(35-21)24(29-11-13-32-14-12-29)17-25(27-23)30-10-9-22(28-30)20-8-6-7-19(3)15-20/h6-10,15-17H,4-5,11-14,18H2,1-3H3. The fourth-order valence-corrected chi connectivity index (χ4v) is 5.98. The molecule has 0 N–H and O–H groups in total. The summed E-state index contributed by atoms with van der Waals surface area (Å²) in [4.78, 5) is 7.07. The van der Waals surface area contributed by atoms with Crippen LogP contribution in [-0.2, 0) is 24.5 Å². The van der Waals surface area contributed by atoms with E-state index in [0.717, 1.165) is 30.0 Å². The van der Waals surface area contributed by atoms with Gasteiger partial charge in [0.1, 0.15) is 17.4 Å². The van der Waals surface area contributed by atoms with Crippen LogP contribution < -0.4 is 4.90 Å². The second-order valence-electron chi connectivity index (χ2n) is 8.65. The molecule has 3 aromatic heterocycles. The number of anilines is 1. The average Bonchev–Trinajstić information content (AvgIpc) is 3.51. The summed E-state index contributed by atoms with van der Waals surface area (Å²) in [6.07, 6.45) is 1.95. The van der Waals surface area contributed by atoms with Crippen LogP contribution >= 0.6 is 7.60 Å². The number of aromatic nitrogens is 3. The predicted octanol–water partition coefficient (Wildman–Crippen LogP) is 5.59. The number of nitrogens with zero attached hydrogens (tertiary/aromatic N) is 4. The summed E-state index contributed by atoms with van der Waals surface area (Å²) in [5, 5.41) is 4.80. The summed E-state index contributed by atoms with van der Waals surface area (Å²) in [5.41, 5.74) is 5.31. The maximum atomic E-state index is 13.1. The molecule has 4 heterocycles. The Hall–Kier alpha value is -2.97. The number of rotatable bonds is 9. The summed E-state index contributed by atoms with van der Waals surface area (Å²) >= 11 is 0. The molecule has 10 heteroatoms. The normalized spacial score (nSPS) is 14.6. The van der Waals surface area contributed by atoms with Crippen LogP contribution in [0.25, 0.3) is 28.2 Å². The molecule has 0 atom stereocenters. The van der Waals surface area contributed by atoms with Gasteiger partial charge in [-0.25, -0.2) is 9.67 Å². The lowest BCUT2D eigenvalue weighted by Crippen LogP contribution is -2.36. The van der Waals surface area contributed by atoms with Gasteiger partial charge in [-0.3, -0.25) is 4.57 Å². The minimum Gasteiger partial charge on any atom is -0.456 e. The van der Waals surface area contributed by atoms with Gasteiger partial charge in [-0.15, -0.1) is 0 Å². The van der Waals surface area contributed by atoms with Gasteiger partial charge < -0.3 is 23.1 Å². The maximum Gasteiger partial charge on any atom is 0.338 e. The number of pyridine rings is 1. The molecule has 4 aromatic rings. The summed E-state index contributed by atoms with van der Waals surface area (Å²) in [7, 11) is -3.32. The van der Waals surface area contributed by atoms with Crippen LogP contribution in [0.5, 0.6) is 0 Å². The van der Waals surface area contributed by atoms with Crippen molar-refractivity contribution in [3.05, 3.63) is 60.0 Å². The van der Waals surface area contributed by atoms with E-state index >= 15 is 0 Å². The van der Waals surface area contributed by atoms with Gasteiger partial charge in [0, 0.05) is 37.0 Å². The van der Waals surface area contributed by atoms with Crippen LogP contribution in [0.3, 0.4) is 0 Å². The number of benzene rings is 1. The fourth-order valence-electron chi connectivity index (χ4n) is 4.40. The second-order valence-corrected chi connectivity index (χ2v) is 10.7. The van der Waals surface area contributed by atoms with E-state index in [2.05, 4.69) is 24.0 Å². The molecular formula is C26H31N4O5P. The lowest BCUT2D eigenvalue weighted by atomic mass is 10.1. The third-order valence-electron chi connectivity index (χ3n) is 5.99. The average molecular weight is 511 g/mol. The predicted molar refractivity (Wildman–Crippen MR) is 139 cm³/mol. The van der Waals surface area contributed by atoms with E-state index in [1.807, 2.05) is 36.5 Å². The molecule has 1 aliphatic heterocycles. The lowest BCUT2D eigenvalue weighted by Gasteiger charge is -2.29. The smallest absolute Gasteiger partial charge is 0.338 e. The van der Waals surface area contributed by atoms with Crippen molar-refractivity contribution < 1.29 is 22.8 Å². The molecule has 1 aliphatic rings. The van der Waals surface area contributed by atoms with Crippen LogP contribution in [0, 0.1) is 6.92 Å². The number of morpholine rings is 1. The fraction of sp³-hybridized carbons (Fsp3) is 0.385. The van der Waals surface area contributed by atoms with Crippen LogP contribution in [0.15, 0.2) is 53.1 Å². The Bertz CT molecular complexity index is 1380. The number of hydrogen-bond acceptors (Lipinski definition) is 8. The Morgan fingerprint density at radius 1 is 1.06 bits per heavy atom. The molecule has 0 saturated carbocycles. The molecule has 1 aromatic carbocycles. The van der Waals surface area contributed by atoms with Crippen molar-refractivity contribution in [1.82, 2.24) is 14.8 Å². The SMILES string of the molecule is CCOP(=O)(Cc1cc2nc(-n3ccc(-c4cccc(C)c4)n3)cc(N3CCOCC3)c2o1)OCC. The van der Waals surface area contributed by atoms with Crippen LogP contribution in [-0.4, -0.2) is 54.3 Å². The van der Waals surface area contributed by atoms with Gasteiger partial charge in [0.25, 0.3) is 0 Å². The minimum absolute atomic E-state index is 0.0438. The first kappa shape index (κ1) is 24.7. The molecule has 190 valence electrons. The summed E-state index contributed by atoms with van der Waals surface area (Å²) < 4.78 is 37.6. The molecule has 0 radical (unpaired) electrons. The van der Waals surface area contributed by atoms with E-state index in [0.29, 0.717) is 49.1 Å². The molecule has 0 bridgehead atoms. The van der Waals surface area contributed by atoms with Crippen LogP contribution in [0.1, 0.15) is 25.2 Å². The van der Waals surface area contributed by atoms with E-state index in [4.69, 9.17) is 28.3 Å². The van der Waals surface area contributed by atoms with E-state index < -0.39 is 7.60 Å². The van der Waals surface area contributed by atoms with Crippen molar-refractivity contribution in [2.24, 2.45) is 0 Å². The highest BCUT2D eigenvalue weighted by atomic mass is 31.2. The van der Waals surface area contributed by atoms with E-state index in [9.17, 15) is 4.57 Å². The highest BCUT2D eigenvalue weighted by Crippen LogP contribution is 2.52. The lowest BCUT2D eigenvalue weighted by molar-refractivity contribution is 0.122. The quantitative estimate of drug-likeness (QED) is 0.269.